The van der Waals surface area contributed by atoms with E-state index in [2.05, 4.69) is 131 Å². The molecule has 6 rings (SSSR count). The molecule has 61 heavy (non-hydrogen) atoms. The normalized spacial score (nSPS) is 15.4. The summed E-state index contributed by atoms with van der Waals surface area (Å²) in [5.41, 5.74) is 6.86. The van der Waals surface area contributed by atoms with Crippen LogP contribution >= 0.6 is 23.5 Å². The average Bonchev–Trinajstić information content (AvgIpc) is 3.29. The van der Waals surface area contributed by atoms with Crippen molar-refractivity contribution in [2.45, 2.75) is 75.0 Å². The van der Waals surface area contributed by atoms with Gasteiger partial charge < -0.3 is 26.0 Å². The quantitative estimate of drug-likeness (QED) is 0.0408. The number of carboxylic acids is 1. The molecule has 10 heteroatoms. The molecule has 0 bridgehead atoms. The first-order valence-corrected chi connectivity index (χ1v) is 23.8. The van der Waals surface area contributed by atoms with Gasteiger partial charge in [0.15, 0.2) is 0 Å². The molecular weight excluding hydrogens is 797 g/mol. The molecule has 320 valence electrons. The Morgan fingerprint density at radius 3 is 1.84 bits per heavy atom. The van der Waals surface area contributed by atoms with Crippen molar-refractivity contribution in [1.29, 1.82) is 0 Å². The molecule has 0 radical (unpaired) electrons. The zero-order chi connectivity index (χ0) is 43.0. The van der Waals surface area contributed by atoms with Gasteiger partial charge in [-0.2, -0.15) is 11.8 Å². The highest BCUT2D eigenvalue weighted by atomic mass is 32.2. The number of carbonyl (C=O) groups is 3. The second-order valence-corrected chi connectivity index (χ2v) is 18.3. The topological polar surface area (TPSA) is 111 Å². The van der Waals surface area contributed by atoms with E-state index in [-0.39, 0.29) is 24.4 Å². The van der Waals surface area contributed by atoms with E-state index >= 15 is 0 Å². The van der Waals surface area contributed by atoms with Crippen molar-refractivity contribution in [2.75, 3.05) is 30.9 Å². The summed E-state index contributed by atoms with van der Waals surface area (Å²) < 4.78 is -0.508. The number of fused-ring (bicyclic) bond motifs is 1. The summed E-state index contributed by atoms with van der Waals surface area (Å²) in [7, 11) is 0. The molecule has 1 heterocycles. The van der Waals surface area contributed by atoms with Gasteiger partial charge in [-0.3, -0.25) is 9.59 Å². The summed E-state index contributed by atoms with van der Waals surface area (Å²) in [4.78, 5) is 42.8. The van der Waals surface area contributed by atoms with Crippen LogP contribution in [0.15, 0.2) is 146 Å². The van der Waals surface area contributed by atoms with Crippen LogP contribution < -0.4 is 16.0 Å². The fraction of sp³-hybridized carbons (Fsp3) is 0.353. The van der Waals surface area contributed by atoms with E-state index in [0.29, 0.717) is 25.1 Å². The molecule has 8 nitrogen and oxygen atoms in total. The average molecular weight is 857 g/mol. The van der Waals surface area contributed by atoms with Crippen LogP contribution in [0.25, 0.3) is 0 Å². The molecule has 0 saturated heterocycles. The lowest BCUT2D eigenvalue weighted by atomic mass is 9.84. The van der Waals surface area contributed by atoms with E-state index in [0.717, 1.165) is 36.3 Å². The van der Waals surface area contributed by atoms with Gasteiger partial charge in [0.1, 0.15) is 12.1 Å². The highest BCUT2D eigenvalue weighted by Crippen LogP contribution is 2.48. The van der Waals surface area contributed by atoms with Crippen molar-refractivity contribution >= 4 is 41.3 Å². The SMILES string of the molecule is CSCC[C@H](NC(=O)[C@@H]1Cc2ccccc2CN1C(=O)[C@@H](NC[C@H](CSC(c1ccccc1)(c1ccccc1)c1ccccc1)NCCCc1ccccc1)C(C)C)C(=O)O. The Hall–Kier alpha value is -4.87. The van der Waals surface area contributed by atoms with E-state index in [4.69, 9.17) is 0 Å². The van der Waals surface area contributed by atoms with Gasteiger partial charge in [0, 0.05) is 31.3 Å². The molecule has 1 aliphatic heterocycles. The van der Waals surface area contributed by atoms with Crippen LogP contribution in [-0.4, -0.2) is 82.8 Å². The number of thioether (sulfide) groups is 2. The fourth-order valence-electron chi connectivity index (χ4n) is 8.23. The molecule has 2 amide bonds. The van der Waals surface area contributed by atoms with Crippen molar-refractivity contribution in [3.8, 4) is 0 Å². The molecule has 5 aromatic rings. The minimum absolute atomic E-state index is 0.0285. The zero-order valence-electron chi connectivity index (χ0n) is 35.5. The first kappa shape index (κ1) is 45.7. The van der Waals surface area contributed by atoms with E-state index in [9.17, 15) is 19.5 Å². The number of hydrogen-bond donors (Lipinski definition) is 4. The number of benzene rings is 5. The van der Waals surface area contributed by atoms with Crippen molar-refractivity contribution in [1.82, 2.24) is 20.9 Å². The van der Waals surface area contributed by atoms with Gasteiger partial charge in [0.2, 0.25) is 11.8 Å². The first-order valence-electron chi connectivity index (χ1n) is 21.4. The zero-order valence-corrected chi connectivity index (χ0v) is 37.2. The van der Waals surface area contributed by atoms with Gasteiger partial charge >= 0.3 is 5.97 Å². The van der Waals surface area contributed by atoms with Gasteiger partial charge in [0.25, 0.3) is 0 Å². The summed E-state index contributed by atoms with van der Waals surface area (Å²) >= 11 is 3.43. The predicted molar refractivity (Wildman–Crippen MR) is 252 cm³/mol. The van der Waals surface area contributed by atoms with Crippen LogP contribution in [0.2, 0.25) is 0 Å². The Balaban J connectivity index is 1.27. The van der Waals surface area contributed by atoms with Crippen LogP contribution in [0.5, 0.6) is 0 Å². The lowest BCUT2D eigenvalue weighted by molar-refractivity contribution is -0.146. The minimum Gasteiger partial charge on any atom is -0.480 e. The number of carbonyl (C=O) groups excluding carboxylic acids is 2. The number of aliphatic carboxylic acids is 1. The third-order valence-corrected chi connectivity index (χ3v) is 13.9. The van der Waals surface area contributed by atoms with E-state index in [1.54, 1.807) is 4.90 Å². The van der Waals surface area contributed by atoms with Crippen molar-refractivity contribution in [3.63, 3.8) is 0 Å². The lowest BCUT2D eigenvalue weighted by Crippen LogP contribution is -2.60. The number of nitrogens with zero attached hydrogens (tertiary/aromatic N) is 1. The highest BCUT2D eigenvalue weighted by Gasteiger charge is 2.41. The highest BCUT2D eigenvalue weighted by molar-refractivity contribution is 8.00. The Morgan fingerprint density at radius 2 is 1.30 bits per heavy atom. The van der Waals surface area contributed by atoms with Gasteiger partial charge in [-0.1, -0.05) is 159 Å². The smallest absolute Gasteiger partial charge is 0.326 e. The fourth-order valence-corrected chi connectivity index (χ4v) is 10.3. The Labute approximate surface area is 370 Å². The van der Waals surface area contributed by atoms with Gasteiger partial charge in [-0.05, 0) is 77.1 Å². The summed E-state index contributed by atoms with van der Waals surface area (Å²) in [6.07, 6.45) is 4.44. The number of hydrogen-bond acceptors (Lipinski definition) is 7. The van der Waals surface area contributed by atoms with Crippen LogP contribution in [0, 0.1) is 5.92 Å². The van der Waals surface area contributed by atoms with E-state index in [1.807, 2.05) is 62.2 Å². The number of nitrogens with one attached hydrogen (secondary N) is 3. The third kappa shape index (κ3) is 11.9. The Morgan fingerprint density at radius 1 is 0.754 bits per heavy atom. The number of amides is 2. The van der Waals surface area contributed by atoms with E-state index < -0.39 is 34.7 Å². The van der Waals surface area contributed by atoms with Crippen molar-refractivity contribution in [2.24, 2.45) is 5.92 Å². The van der Waals surface area contributed by atoms with E-state index in [1.165, 1.54) is 34.0 Å². The molecule has 5 aromatic carbocycles. The summed E-state index contributed by atoms with van der Waals surface area (Å²) in [6.45, 7) is 5.65. The predicted octanol–water partition coefficient (Wildman–Crippen LogP) is 8.19. The first-order chi connectivity index (χ1) is 29.7. The van der Waals surface area contributed by atoms with Gasteiger partial charge in [-0.25, -0.2) is 4.79 Å². The maximum absolute atomic E-state index is 14.9. The summed E-state index contributed by atoms with van der Waals surface area (Å²) in [5, 5.41) is 20.3. The second-order valence-electron chi connectivity index (χ2n) is 16.1. The van der Waals surface area contributed by atoms with Gasteiger partial charge in [0.05, 0.1) is 10.8 Å². The molecule has 0 aromatic heterocycles. The maximum Gasteiger partial charge on any atom is 0.326 e. The third-order valence-electron chi connectivity index (χ3n) is 11.5. The standard InChI is InChI=1S/C51H60N4O4S2/c1-37(2)47(49(57)55-35-40-23-17-16-22-39(40)33-46(55)48(56)54-45(50(58)59)30-32-60-3)53-34-44(52-31-18-21-38-19-8-4-9-20-38)36-61-51(41-24-10-5-11-25-41,42-26-12-6-13-27-42)43-28-14-7-15-29-43/h4-17,19-20,22-29,37,44-47,52-53H,18,21,30-36H2,1-3H3,(H,54,56)(H,58,59)/t44-,45+,46+,47+/m1/s1. The monoisotopic (exact) mass is 856 g/mol. The number of rotatable bonds is 22. The second kappa shape index (κ2) is 22.8. The van der Waals surface area contributed by atoms with Crippen LogP contribution in [0.3, 0.4) is 0 Å². The lowest BCUT2D eigenvalue weighted by Gasteiger charge is -2.40. The number of aryl methyl sites for hydroxylation is 1. The molecule has 4 N–H and O–H groups in total. The molecule has 4 atom stereocenters. The largest absolute Gasteiger partial charge is 0.480 e. The Kier molecular flexibility index (Phi) is 17.1. The molecule has 0 aliphatic carbocycles. The molecule has 0 fully saturated rings. The van der Waals surface area contributed by atoms with Crippen molar-refractivity contribution < 1.29 is 19.5 Å². The van der Waals surface area contributed by atoms with Crippen molar-refractivity contribution in [3.05, 3.63) is 179 Å². The maximum atomic E-state index is 14.9. The molecule has 1 aliphatic rings. The Bertz CT molecular complexity index is 2030. The molecule has 0 saturated carbocycles. The van der Waals surface area contributed by atoms with Crippen LogP contribution in [0.4, 0.5) is 0 Å². The van der Waals surface area contributed by atoms with Gasteiger partial charge in [-0.15, -0.1) is 11.8 Å². The summed E-state index contributed by atoms with van der Waals surface area (Å²) in [5.74, 6) is -0.449. The molecule has 0 unspecified atom stereocenters. The minimum atomic E-state index is -1.07. The summed E-state index contributed by atoms with van der Waals surface area (Å²) in [6, 6.07) is 48.0. The van der Waals surface area contributed by atoms with Crippen LogP contribution in [0.1, 0.15) is 60.1 Å². The van der Waals surface area contributed by atoms with Crippen LogP contribution in [-0.2, 0) is 38.5 Å². The number of carboxylic acid groups (broad SMARTS) is 1. The molecular formula is C51H60N4O4S2. The molecule has 0 spiro atoms.